The SMILES string of the molecule is CC(C)(C)OC(=O)N1CC[C@H](c2cccc(-c3ccccc3)c2)[C@@H](C(=O)O)C1.CC(C)=C(Cl)N(C)C.CCN(C(=O)[C@H]1CN(C(=O)OC(C)(C)C)CC[C@@H]1c1cccc(-c2ccccc2)c1)c1ccc2c(c1)N(CCCOC)C(=O)CO2.CCNc1ccc2c(c1)N(CCCOC)C(=O)CO2. The Hall–Kier alpha value is -9.11. The highest BCUT2D eigenvalue weighted by Crippen LogP contribution is 2.42. The summed E-state index contributed by atoms with van der Waals surface area (Å²) >= 11 is 5.76. The van der Waals surface area contributed by atoms with Crippen LogP contribution in [0, 0.1) is 11.8 Å². The Kier molecular flexibility index (Phi) is 29.4. The van der Waals surface area contributed by atoms with Gasteiger partial charge in [0.05, 0.1) is 23.2 Å². The smallest absolute Gasteiger partial charge is 0.410 e. The van der Waals surface area contributed by atoms with Gasteiger partial charge in [-0.3, -0.25) is 19.2 Å². The summed E-state index contributed by atoms with van der Waals surface area (Å²) in [6.45, 7) is 23.9. The molecule has 0 radical (unpaired) electrons. The van der Waals surface area contributed by atoms with Gasteiger partial charge in [-0.2, -0.15) is 0 Å². The molecule has 0 unspecified atom stereocenters. The second-order valence-electron chi connectivity index (χ2n) is 27.7. The molecule has 2 N–H and O–H groups in total. The van der Waals surface area contributed by atoms with Crippen molar-refractivity contribution in [1.82, 2.24) is 14.7 Å². The molecular weight excluding hydrogens is 1300 g/mol. The molecule has 10 rings (SSSR count). The molecule has 101 heavy (non-hydrogen) atoms. The molecule has 0 aromatic heterocycles. The maximum atomic E-state index is 14.7. The number of carbonyl (C=O) groups excluding carboxylic acids is 5. The topological polar surface area (TPSA) is 209 Å². The third kappa shape index (κ3) is 22.7. The number of hydrogen-bond acceptors (Lipinski definition) is 14. The summed E-state index contributed by atoms with van der Waals surface area (Å²) < 4.78 is 32.6. The lowest BCUT2D eigenvalue weighted by Gasteiger charge is -2.40. The molecule has 20 nitrogen and oxygen atoms in total. The van der Waals surface area contributed by atoms with Gasteiger partial charge in [-0.15, -0.1) is 0 Å². The number of nitrogens with zero attached hydrogens (tertiary/aromatic N) is 6. The minimum atomic E-state index is -0.886. The van der Waals surface area contributed by atoms with Crippen molar-refractivity contribution in [2.75, 3.05) is 127 Å². The monoisotopic (exact) mass is 1410 g/mol. The van der Waals surface area contributed by atoms with Gasteiger partial charge in [0.15, 0.2) is 13.2 Å². The number of carboxylic acid groups (broad SMARTS) is 1. The highest BCUT2D eigenvalue weighted by atomic mass is 35.5. The Morgan fingerprint density at radius 1 is 0.594 bits per heavy atom. The molecule has 4 aliphatic rings. The number of likely N-dealkylation sites (tertiary alicyclic amines) is 2. The second-order valence-corrected chi connectivity index (χ2v) is 28.0. The fourth-order valence-electron chi connectivity index (χ4n) is 12.6. The Morgan fingerprint density at radius 3 is 1.46 bits per heavy atom. The molecule has 2 fully saturated rings. The van der Waals surface area contributed by atoms with E-state index in [0.29, 0.717) is 82.3 Å². The van der Waals surface area contributed by atoms with E-state index in [9.17, 15) is 33.9 Å². The number of nitrogens with one attached hydrogen (secondary N) is 1. The van der Waals surface area contributed by atoms with Crippen LogP contribution in [0.2, 0.25) is 0 Å². The van der Waals surface area contributed by atoms with Gasteiger partial charge in [-0.1, -0.05) is 121 Å². The summed E-state index contributed by atoms with van der Waals surface area (Å²) in [6, 6.07) is 48.0. The first kappa shape index (κ1) is 79.2. The number of rotatable bonds is 19. The average molecular weight is 1410 g/mol. The van der Waals surface area contributed by atoms with E-state index in [4.69, 9.17) is 40.0 Å². The molecule has 21 heteroatoms. The lowest BCUT2D eigenvalue weighted by Crippen LogP contribution is -2.51. The summed E-state index contributed by atoms with van der Waals surface area (Å²) in [7, 11) is 7.15. The first-order valence-electron chi connectivity index (χ1n) is 34.8. The third-order valence-corrected chi connectivity index (χ3v) is 18.1. The van der Waals surface area contributed by atoms with E-state index in [1.54, 1.807) is 54.6 Å². The van der Waals surface area contributed by atoms with E-state index in [-0.39, 0.29) is 55.9 Å². The summed E-state index contributed by atoms with van der Waals surface area (Å²) in [5.41, 5.74) is 9.47. The van der Waals surface area contributed by atoms with E-state index < -0.39 is 41.2 Å². The average Bonchev–Trinajstić information content (AvgIpc) is 0.796. The van der Waals surface area contributed by atoms with Gasteiger partial charge in [-0.25, -0.2) is 9.59 Å². The Labute approximate surface area is 602 Å². The van der Waals surface area contributed by atoms with Crippen molar-refractivity contribution < 1.29 is 62.3 Å². The van der Waals surface area contributed by atoms with Gasteiger partial charge in [0.1, 0.15) is 27.9 Å². The number of ether oxygens (including phenoxy) is 6. The lowest BCUT2D eigenvalue weighted by molar-refractivity contribution is -0.144. The minimum Gasteiger partial charge on any atom is -0.482 e. The van der Waals surface area contributed by atoms with Gasteiger partial charge in [0.2, 0.25) is 5.91 Å². The van der Waals surface area contributed by atoms with E-state index >= 15 is 0 Å². The zero-order chi connectivity index (χ0) is 73.6. The van der Waals surface area contributed by atoms with Crippen LogP contribution in [0.15, 0.2) is 156 Å². The molecule has 0 spiro atoms. The van der Waals surface area contributed by atoms with Gasteiger partial charge in [-0.05, 0) is 176 Å². The zero-order valence-electron chi connectivity index (χ0n) is 61.4. The number of hydrogen-bond donors (Lipinski definition) is 2. The highest BCUT2D eigenvalue weighted by Gasteiger charge is 2.42. The van der Waals surface area contributed by atoms with Crippen molar-refractivity contribution in [3.05, 3.63) is 167 Å². The van der Waals surface area contributed by atoms with Crippen LogP contribution in [0.25, 0.3) is 22.3 Å². The fourth-order valence-corrected chi connectivity index (χ4v) is 12.6. The van der Waals surface area contributed by atoms with Crippen molar-refractivity contribution in [3.63, 3.8) is 0 Å². The molecular formula is C80H104ClN7O13. The third-order valence-electron chi connectivity index (χ3n) is 17.3. The van der Waals surface area contributed by atoms with E-state index in [0.717, 1.165) is 74.2 Å². The van der Waals surface area contributed by atoms with Gasteiger partial charge < -0.3 is 68.2 Å². The van der Waals surface area contributed by atoms with Crippen molar-refractivity contribution in [2.45, 2.75) is 118 Å². The van der Waals surface area contributed by atoms with Crippen molar-refractivity contribution in [2.24, 2.45) is 11.8 Å². The number of carboxylic acids is 1. The maximum absolute atomic E-state index is 14.7. The number of allylic oxidation sites excluding steroid dienone is 1. The van der Waals surface area contributed by atoms with Crippen LogP contribution in [-0.4, -0.2) is 174 Å². The second kappa shape index (κ2) is 37.5. The van der Waals surface area contributed by atoms with Crippen LogP contribution in [0.4, 0.5) is 32.3 Å². The van der Waals surface area contributed by atoms with Crippen LogP contribution in [-0.2, 0) is 38.1 Å². The maximum Gasteiger partial charge on any atom is 0.410 e. The van der Waals surface area contributed by atoms with Crippen LogP contribution in [0.5, 0.6) is 11.5 Å². The number of anilines is 4. The first-order chi connectivity index (χ1) is 48.1. The molecule has 0 aliphatic carbocycles. The molecule has 0 saturated carbocycles. The number of benzene rings is 6. The summed E-state index contributed by atoms with van der Waals surface area (Å²) in [5, 5.41) is 13.9. The standard InChI is InChI=1S/C37H45N3O6.C23H27NO4.C14H20N2O3.C6H12ClN/c1-6-39(29-16-17-33-32(23-29)40(19-11-21-44-5)34(41)25-45-33)35(42)31-24-38(36(43)46-37(2,3)4)20-18-30(31)28-15-10-14-27(22-28)26-12-8-7-9-13-26;1-23(2,3)28-22(27)24-13-12-19(20(15-24)21(25)26)18-11-7-10-17(14-18)16-8-5-4-6-9-16;1-3-15-11-5-6-13-12(9-11)16(7-4-8-18-2)14(17)10-19-13;1-5(2)6(7)8(3)4/h7-10,12-17,22-23,30-31H,6,11,18-21,24-25H2,1-5H3;4-11,14,19-20H,12-13,15H2,1-3H3,(H,25,26);5-6,9,15H,3-4,7-8,10H2,1-2H3;1-4H3/t30-,31+;19-,20+;;/m11../s1. The van der Waals surface area contributed by atoms with E-state index in [1.807, 2.05) is 177 Å². The molecule has 5 amide bonds. The molecule has 6 aromatic carbocycles. The minimum absolute atomic E-state index is 0.00254. The molecule has 2 saturated heterocycles. The van der Waals surface area contributed by atoms with Crippen molar-refractivity contribution in [1.29, 1.82) is 0 Å². The van der Waals surface area contributed by atoms with Crippen LogP contribution >= 0.6 is 11.6 Å². The lowest BCUT2D eigenvalue weighted by atomic mass is 9.79. The molecule has 0 bridgehead atoms. The Balaban J connectivity index is 0.000000219. The molecule has 6 aromatic rings. The number of methoxy groups -OCH3 is 2. The Morgan fingerprint density at radius 2 is 1.04 bits per heavy atom. The first-order valence-corrected chi connectivity index (χ1v) is 35.2. The molecule has 4 heterocycles. The fraction of sp³-hybridized carbons (Fsp3) is 0.450. The van der Waals surface area contributed by atoms with Crippen LogP contribution in [0.1, 0.15) is 118 Å². The molecule has 544 valence electrons. The molecule has 4 atom stereocenters. The predicted molar refractivity (Wildman–Crippen MR) is 400 cm³/mol. The van der Waals surface area contributed by atoms with Crippen LogP contribution < -0.4 is 29.5 Å². The zero-order valence-corrected chi connectivity index (χ0v) is 62.1. The Bertz CT molecular complexity index is 3760. The van der Waals surface area contributed by atoms with Crippen LogP contribution in [0.3, 0.4) is 0 Å². The molecule has 4 aliphatic heterocycles. The number of fused-ring (bicyclic) bond motifs is 2. The normalized spacial score (nSPS) is 17.1. The van der Waals surface area contributed by atoms with Gasteiger partial charge in [0, 0.05) is 111 Å². The number of piperidine rings is 2. The number of aliphatic carboxylic acids is 1. The number of carbonyl (C=O) groups is 6. The number of amides is 5. The number of halogens is 1. The summed E-state index contributed by atoms with van der Waals surface area (Å²) in [4.78, 5) is 87.3. The van der Waals surface area contributed by atoms with E-state index in [1.165, 1.54) is 4.90 Å². The summed E-state index contributed by atoms with van der Waals surface area (Å²) in [6.07, 6.45) is 1.83. The van der Waals surface area contributed by atoms with Gasteiger partial charge >= 0.3 is 18.2 Å². The highest BCUT2D eigenvalue weighted by molar-refractivity contribution is 6.29. The summed E-state index contributed by atoms with van der Waals surface area (Å²) in [5.74, 6) is -1.16. The predicted octanol–water partition coefficient (Wildman–Crippen LogP) is 15.2. The van der Waals surface area contributed by atoms with Crippen molar-refractivity contribution >= 4 is 70.2 Å². The van der Waals surface area contributed by atoms with Gasteiger partial charge in [0.25, 0.3) is 11.8 Å². The quantitative estimate of drug-likeness (QED) is 0.0571. The van der Waals surface area contributed by atoms with Crippen molar-refractivity contribution in [3.8, 4) is 33.8 Å². The van der Waals surface area contributed by atoms with E-state index in [2.05, 4.69) is 41.7 Å². The largest absolute Gasteiger partial charge is 0.482 e.